The van der Waals surface area contributed by atoms with E-state index in [1.165, 1.54) is 62.2 Å². The number of rotatable bonds is 20. The summed E-state index contributed by atoms with van der Waals surface area (Å²) in [6, 6.07) is 5.23. The van der Waals surface area contributed by atoms with E-state index in [-0.39, 0.29) is 47.7 Å². The lowest BCUT2D eigenvalue weighted by atomic mass is 9.84. The number of carbonyl (C=O) groups is 9. The second-order valence-electron chi connectivity index (χ2n) is 30.6. The number of aliphatic hydroxyl groups excluding tert-OH is 6. The number of aromatic hydroxyl groups is 3. The van der Waals surface area contributed by atoms with Crippen LogP contribution in [0.3, 0.4) is 0 Å². The van der Waals surface area contributed by atoms with Crippen LogP contribution < -0.4 is 78.0 Å². The number of anilines is 1. The number of aliphatic hydroxyl groups is 6. The van der Waals surface area contributed by atoms with Crippen molar-refractivity contribution in [1.82, 2.24) is 53.0 Å². The first-order valence-electron chi connectivity index (χ1n) is 38.6. The molecule has 7 aliphatic rings. The molecule has 8 heterocycles. The van der Waals surface area contributed by atoms with Gasteiger partial charge in [-0.15, -0.1) is 13.2 Å². The van der Waals surface area contributed by atoms with Crippen molar-refractivity contribution < 1.29 is 141 Å². The molecular weight excluding hydrogens is 1700 g/mol. The highest BCUT2D eigenvalue weighted by Crippen LogP contribution is 2.50. The van der Waals surface area contributed by atoms with Gasteiger partial charge in [0.1, 0.15) is 101 Å². The summed E-state index contributed by atoms with van der Waals surface area (Å²) in [5.74, 6) is -17.5. The number of phenolic OH excluding ortho intramolecular Hbond substituents is 3. The van der Waals surface area contributed by atoms with Gasteiger partial charge in [0.15, 0.2) is 23.9 Å². The lowest BCUT2D eigenvalue weighted by Crippen LogP contribution is -2.65. The highest BCUT2D eigenvalue weighted by atomic mass is 35.5. The molecule has 22 N–H and O–H groups in total. The number of nitrogens with one attached hydrogen (secondary N) is 10. The zero-order valence-electron chi connectivity index (χ0n) is 66.5. The molecule has 2 saturated heterocycles. The van der Waals surface area contributed by atoms with Crippen molar-refractivity contribution in [3.63, 3.8) is 0 Å². The van der Waals surface area contributed by atoms with E-state index < -0.39 is 271 Å². The van der Waals surface area contributed by atoms with Crippen molar-refractivity contribution in [2.24, 2.45) is 11.7 Å². The van der Waals surface area contributed by atoms with Gasteiger partial charge in [-0.2, -0.15) is 0 Å². The van der Waals surface area contributed by atoms with Gasteiger partial charge < -0.3 is 133 Å². The first kappa shape index (κ1) is 92.1. The number of nitrogens with zero attached hydrogens (tertiary/aromatic N) is 1. The Bertz CT molecular complexity index is 5330. The second kappa shape index (κ2) is 38.6. The molecular formula is C82H87Cl2F3N12O26. The highest BCUT2D eigenvalue weighted by Gasteiger charge is 2.52. The molecule has 11 bridgehead atoms. The number of hydroxylamine groups is 1. The van der Waals surface area contributed by atoms with Gasteiger partial charge in [0.2, 0.25) is 59.3 Å². The fraction of sp³-hybridized carbons (Fsp3) is 0.366. The summed E-state index contributed by atoms with van der Waals surface area (Å²) in [7, 11) is 1.46. The van der Waals surface area contributed by atoms with Crippen molar-refractivity contribution in [2.75, 3.05) is 19.0 Å². The Kier molecular flexibility index (Phi) is 28.4. The summed E-state index contributed by atoms with van der Waals surface area (Å²) < 4.78 is 82.1. The van der Waals surface area contributed by atoms with Gasteiger partial charge in [0.25, 0.3) is 5.91 Å². The molecule has 6 aromatic carbocycles. The molecule has 125 heavy (non-hydrogen) atoms. The average Bonchev–Trinajstić information content (AvgIpc) is 0.763. The lowest BCUT2D eigenvalue weighted by Gasteiger charge is -2.48. The number of carbonyl (C=O) groups excluding carboxylic acids is 9. The van der Waals surface area contributed by atoms with Gasteiger partial charge in [-0.05, 0) is 151 Å². The number of hydrogen-bond acceptors (Lipinski definition) is 29. The van der Waals surface area contributed by atoms with Gasteiger partial charge in [0, 0.05) is 48.0 Å². The minimum atomic E-state index is -4.96. The van der Waals surface area contributed by atoms with Crippen LogP contribution in [-0.4, -0.2) is 208 Å². The van der Waals surface area contributed by atoms with E-state index >= 15 is 19.2 Å². The summed E-state index contributed by atoms with van der Waals surface area (Å²) in [6.45, 7) is 5.53. The van der Waals surface area contributed by atoms with E-state index in [2.05, 4.69) is 57.6 Å². The van der Waals surface area contributed by atoms with Crippen molar-refractivity contribution >= 4 is 88.1 Å². The number of phenols is 3. The number of amides is 9. The van der Waals surface area contributed by atoms with Crippen LogP contribution in [0.5, 0.6) is 51.7 Å². The Hall–Kier alpha value is -12.1. The van der Waals surface area contributed by atoms with Crippen LogP contribution in [0.25, 0.3) is 17.2 Å². The zero-order chi connectivity index (χ0) is 90.5. The molecule has 0 radical (unpaired) electrons. The number of benzene rings is 6. The second-order valence-corrected chi connectivity index (χ2v) is 31.5. The van der Waals surface area contributed by atoms with Crippen LogP contribution in [0.15, 0.2) is 128 Å². The van der Waals surface area contributed by atoms with E-state index in [0.717, 1.165) is 91.0 Å². The molecule has 7 aromatic rings. The summed E-state index contributed by atoms with van der Waals surface area (Å²) in [6.07, 6.45) is -19.7. The van der Waals surface area contributed by atoms with E-state index in [9.17, 15) is 88.3 Å². The molecule has 0 aliphatic carbocycles. The molecule has 14 rings (SSSR count). The van der Waals surface area contributed by atoms with Crippen molar-refractivity contribution in [2.45, 2.75) is 169 Å². The van der Waals surface area contributed by atoms with Crippen LogP contribution in [-0.2, 0) is 63.9 Å². The Balaban J connectivity index is 0.994. The number of halogens is 5. The minimum Gasteiger partial charge on any atom is -0.508 e. The maximum absolute atomic E-state index is 16.3. The van der Waals surface area contributed by atoms with Crippen LogP contribution in [0, 0.1) is 5.92 Å². The number of ether oxygens (including phenoxy) is 7. The average molecular weight is 1780 g/mol. The van der Waals surface area contributed by atoms with Crippen LogP contribution in [0.1, 0.15) is 116 Å². The fourth-order valence-electron chi connectivity index (χ4n) is 14.8. The molecule has 43 heteroatoms. The normalized spacial score (nSPS) is 26.1. The van der Waals surface area contributed by atoms with Crippen molar-refractivity contribution in [3.05, 3.63) is 177 Å². The number of fused-ring (bicyclic) bond motifs is 15. The summed E-state index contributed by atoms with van der Waals surface area (Å²) in [5, 5.41) is 139. The van der Waals surface area contributed by atoms with Gasteiger partial charge in [-0.25, -0.2) is 5.48 Å². The maximum Gasteiger partial charge on any atom is 0.573 e. The number of pyridine rings is 1. The minimum absolute atomic E-state index is 0.0909. The van der Waals surface area contributed by atoms with E-state index in [1.807, 2.05) is 0 Å². The maximum atomic E-state index is 16.3. The third-order valence-corrected chi connectivity index (χ3v) is 21.7. The molecule has 1 aromatic heterocycles. The van der Waals surface area contributed by atoms with E-state index in [1.54, 1.807) is 20.8 Å². The van der Waals surface area contributed by atoms with Gasteiger partial charge in [-0.3, -0.25) is 53.3 Å². The topological polar surface area (TPSA) is 580 Å². The molecule has 38 nitrogen and oxygen atoms in total. The Morgan fingerprint density at radius 1 is 0.736 bits per heavy atom. The highest BCUT2D eigenvalue weighted by molar-refractivity contribution is 6.32. The smallest absolute Gasteiger partial charge is 0.508 e. The standard InChI is InChI=1S/C82H87Cl2F3N12O26/c1-33(2)17-48(89-5)73(111)97-64-66(106)38-11-14-52(46(83)21-38)120-54-23-40-24-55(70(54)124-80-71(69(109)68(108)56(32-100)122-80)123-59-28-81(4,72(110)34(3)119-59)91-30-36-18-41(31-90-29-36)92-58(105)16-9-35-7-6-8-43(19-35)125-82(85,86)87)121-53-15-12-39(22-47(53)84)67(107)65-78(116)96-63(79(117)99-118)45-25-42(101)26-51(103)60(45)44-20-37(10-13-50(44)102)61(75(113)98-65)95-76(114)62(40)94-74(112)49(27-57(88)104)93-77(64)115/h6-16,18-26,29,31,33-34,48-49,56,59,61-69,71-72,80,89,91,100-103,106-110,118H,17,27-28,30,32H2,1-5H3,(H2,88,104)(H,92,105)(H,93,115)(H,94,112)(H,95,114)(H,96,116)(H,97,111)(H,98,113)(H,99,117)/b16-9+/t34-,48+,49-,56+,59-,61+,62+,63+,64+,65-,66+,67+,68+,69-,71+,72+,80-,81-/m0/s1. The van der Waals surface area contributed by atoms with Crippen LogP contribution >= 0.6 is 23.2 Å². The summed E-state index contributed by atoms with van der Waals surface area (Å²) in [5.41, 5.74) is 3.49. The first-order valence-corrected chi connectivity index (χ1v) is 39.4. The molecule has 7 aliphatic heterocycles. The molecule has 2 fully saturated rings. The summed E-state index contributed by atoms with van der Waals surface area (Å²) >= 11 is 14.3. The van der Waals surface area contributed by atoms with Crippen LogP contribution in [0.4, 0.5) is 18.9 Å². The molecule has 0 unspecified atom stereocenters. The monoisotopic (exact) mass is 1780 g/mol. The molecule has 9 amide bonds. The van der Waals surface area contributed by atoms with E-state index in [0.29, 0.717) is 5.56 Å². The third kappa shape index (κ3) is 21.3. The van der Waals surface area contributed by atoms with Crippen molar-refractivity contribution in [1.29, 1.82) is 0 Å². The Labute approximate surface area is 717 Å². The third-order valence-electron chi connectivity index (χ3n) is 21.1. The number of alkyl halides is 3. The SMILES string of the molecule is CN[C@H](CC(C)C)C(=O)N[C@H]1C(=O)N[C@@H](CC(N)=O)C(=O)N[C@H]2C(=O)N[C@H]3C(=O)N[C@H](C(=O)N[C@@H](C(=O)NO)c4cc(O)cc(O)c4-c4cc3ccc4O)[C@H](O)c3ccc(c(Cl)c3)Oc3cc2cc(c3O[C@@H]2O[C@H](CO)[C@@H](O)[C@H](O)[C@H]2O[C@H]2C[C@](C)(NCc3cncc(NC(=O)/C=C/c4cccc(OC(F)(F)F)c4)c3)[C@H](O)[C@H](C)O2)Oc2ccc(cc2Cl)[C@H]1O. The number of likely N-dealkylation sites (N-methyl/N-ethyl adjacent to an activating group) is 1. The molecule has 666 valence electrons. The largest absolute Gasteiger partial charge is 0.573 e. The van der Waals surface area contributed by atoms with Gasteiger partial charge in [0.05, 0.1) is 53.2 Å². The predicted octanol–water partition coefficient (Wildman–Crippen LogP) is 3.30. The van der Waals surface area contributed by atoms with Gasteiger partial charge >= 0.3 is 6.36 Å². The predicted molar refractivity (Wildman–Crippen MR) is 429 cm³/mol. The number of primary amides is 1. The van der Waals surface area contributed by atoms with Gasteiger partial charge in [-0.1, -0.05) is 67.4 Å². The number of aromatic nitrogens is 1. The molecule has 0 spiro atoms. The molecule has 18 atom stereocenters. The quantitative estimate of drug-likeness (QED) is 0.0296. The van der Waals surface area contributed by atoms with Crippen LogP contribution in [0.2, 0.25) is 10.0 Å². The zero-order valence-corrected chi connectivity index (χ0v) is 68.1. The van der Waals surface area contributed by atoms with Crippen molar-refractivity contribution in [3.8, 4) is 62.9 Å². The fourth-order valence-corrected chi connectivity index (χ4v) is 15.3. The lowest BCUT2D eigenvalue weighted by molar-refractivity contribution is -0.334. The first-order chi connectivity index (χ1) is 59.2. The van der Waals surface area contributed by atoms with E-state index in [4.69, 9.17) is 57.4 Å². The Morgan fingerprint density at radius 3 is 2.03 bits per heavy atom. The Morgan fingerprint density at radius 2 is 1.39 bits per heavy atom. The number of hydrogen-bond donors (Lipinski definition) is 21. The summed E-state index contributed by atoms with van der Waals surface area (Å²) in [4.78, 5) is 136. The number of nitrogens with two attached hydrogens (primary N) is 1. The molecule has 0 saturated carbocycles.